The fourth-order valence-corrected chi connectivity index (χ4v) is 3.75. The Morgan fingerprint density at radius 3 is 2.68 bits per heavy atom. The molecule has 1 saturated carbocycles. The lowest BCUT2D eigenvalue weighted by Gasteiger charge is -2.26. The minimum absolute atomic E-state index is 0.154. The molecule has 0 aromatic heterocycles. The van der Waals surface area contributed by atoms with E-state index in [4.69, 9.17) is 15.2 Å². The van der Waals surface area contributed by atoms with Crippen molar-refractivity contribution in [2.24, 2.45) is 27.5 Å². The largest absolute Gasteiger partial charge is 0.386 e. The minimum Gasteiger partial charge on any atom is -0.386 e. The van der Waals surface area contributed by atoms with E-state index in [1.54, 1.807) is 0 Å². The van der Waals surface area contributed by atoms with Gasteiger partial charge in [-0.3, -0.25) is 0 Å². The fraction of sp³-hybridized carbons (Fsp3) is 0.769. The molecule has 1 aliphatic carbocycles. The van der Waals surface area contributed by atoms with Gasteiger partial charge in [-0.15, -0.1) is 0 Å². The highest BCUT2D eigenvalue weighted by atomic mass is 16.8. The molecule has 6 heteroatoms. The van der Waals surface area contributed by atoms with E-state index in [-0.39, 0.29) is 17.9 Å². The number of amidine groups is 1. The molecule has 2 N–H and O–H groups in total. The molecule has 2 aliphatic heterocycles. The maximum atomic E-state index is 9.70. The van der Waals surface area contributed by atoms with Gasteiger partial charge < -0.3 is 15.2 Å². The number of hydrogen-bond donors (Lipinski definition) is 1. The van der Waals surface area contributed by atoms with Crippen LogP contribution in [0.2, 0.25) is 0 Å². The van der Waals surface area contributed by atoms with Gasteiger partial charge in [0.05, 0.1) is 24.8 Å². The number of fused-ring (bicyclic) bond motifs is 2. The summed E-state index contributed by atoms with van der Waals surface area (Å²) in [5.74, 6) is -1.35. The Bertz CT molecular complexity index is 548. The van der Waals surface area contributed by atoms with Gasteiger partial charge in [0.2, 0.25) is 0 Å². The van der Waals surface area contributed by atoms with Crippen LogP contribution in [0, 0.1) is 39.4 Å². The summed E-state index contributed by atoms with van der Waals surface area (Å²) < 4.78 is 11.4. The van der Waals surface area contributed by atoms with Crippen molar-refractivity contribution in [2.75, 3.05) is 6.61 Å². The molecule has 3 aliphatic rings. The van der Waals surface area contributed by atoms with Crippen molar-refractivity contribution in [3.63, 3.8) is 0 Å². The molecule has 5 atom stereocenters. The van der Waals surface area contributed by atoms with Gasteiger partial charge in [0.1, 0.15) is 11.3 Å². The van der Waals surface area contributed by atoms with Crippen molar-refractivity contribution < 1.29 is 9.47 Å². The first-order valence-corrected chi connectivity index (χ1v) is 6.54. The van der Waals surface area contributed by atoms with Crippen molar-refractivity contribution >= 4 is 5.84 Å². The Labute approximate surface area is 111 Å². The van der Waals surface area contributed by atoms with Crippen LogP contribution in [0.25, 0.3) is 0 Å². The van der Waals surface area contributed by atoms with Gasteiger partial charge >= 0.3 is 0 Å². The normalized spacial score (nSPS) is 50.4. The molecule has 0 aromatic rings. The second-order valence-corrected chi connectivity index (χ2v) is 5.50. The average molecular weight is 260 g/mol. The average Bonchev–Trinajstić information content (AvgIpc) is 2.70. The topological polar surface area (TPSA) is 104 Å². The molecule has 2 heterocycles. The monoisotopic (exact) mass is 260 g/mol. The van der Waals surface area contributed by atoms with Crippen molar-refractivity contribution in [3.8, 4) is 12.1 Å². The SMILES string of the molecule is CCC[C@H]1[C@@]2(C#N)[C@@]3(N=C(N)[C@@]12C#N)OC[C@H](C)O3. The van der Waals surface area contributed by atoms with Gasteiger partial charge in [0.15, 0.2) is 5.41 Å². The maximum Gasteiger partial charge on any atom is 0.293 e. The molecular formula is C13H16N4O2. The Morgan fingerprint density at radius 1 is 1.47 bits per heavy atom. The second kappa shape index (κ2) is 3.47. The summed E-state index contributed by atoms with van der Waals surface area (Å²) in [4.78, 5) is 4.22. The summed E-state index contributed by atoms with van der Waals surface area (Å²) in [6.45, 7) is 4.23. The molecule has 1 spiro atoms. The summed E-state index contributed by atoms with van der Waals surface area (Å²) in [6.07, 6.45) is 1.45. The van der Waals surface area contributed by atoms with E-state index in [9.17, 15) is 10.5 Å². The maximum absolute atomic E-state index is 9.70. The summed E-state index contributed by atoms with van der Waals surface area (Å²) >= 11 is 0. The highest BCUT2D eigenvalue weighted by molar-refractivity contribution is 5.98. The van der Waals surface area contributed by atoms with Crippen LogP contribution < -0.4 is 5.73 Å². The lowest BCUT2D eigenvalue weighted by Crippen LogP contribution is -2.39. The van der Waals surface area contributed by atoms with Gasteiger partial charge in [0, 0.05) is 5.92 Å². The van der Waals surface area contributed by atoms with Crippen LogP contribution in [-0.4, -0.2) is 24.5 Å². The van der Waals surface area contributed by atoms with Crippen LogP contribution in [0.3, 0.4) is 0 Å². The van der Waals surface area contributed by atoms with Crippen LogP contribution in [0.15, 0.2) is 4.99 Å². The zero-order valence-electron chi connectivity index (χ0n) is 11.0. The molecule has 0 aromatic carbocycles. The number of aliphatic imine (C=N–C) groups is 1. The van der Waals surface area contributed by atoms with E-state index in [0.717, 1.165) is 12.8 Å². The van der Waals surface area contributed by atoms with Crippen LogP contribution in [0.4, 0.5) is 0 Å². The van der Waals surface area contributed by atoms with Gasteiger partial charge in [-0.25, -0.2) is 4.99 Å². The Hall–Kier alpha value is -1.63. The molecule has 3 rings (SSSR count). The van der Waals surface area contributed by atoms with E-state index < -0.39 is 16.7 Å². The molecule has 0 bridgehead atoms. The van der Waals surface area contributed by atoms with Crippen LogP contribution in [0.1, 0.15) is 26.7 Å². The Morgan fingerprint density at radius 2 is 2.21 bits per heavy atom. The third-order valence-corrected chi connectivity index (χ3v) is 4.56. The summed E-state index contributed by atoms with van der Waals surface area (Å²) in [7, 11) is 0. The van der Waals surface area contributed by atoms with E-state index in [2.05, 4.69) is 17.1 Å². The third-order valence-electron chi connectivity index (χ3n) is 4.56. The van der Waals surface area contributed by atoms with Crippen LogP contribution in [0.5, 0.6) is 0 Å². The number of rotatable bonds is 2. The van der Waals surface area contributed by atoms with Gasteiger partial charge in [-0.1, -0.05) is 13.3 Å². The first-order chi connectivity index (χ1) is 9.04. The predicted molar refractivity (Wildman–Crippen MR) is 65.3 cm³/mol. The Balaban J connectivity index is 2.13. The van der Waals surface area contributed by atoms with Crippen molar-refractivity contribution in [2.45, 2.75) is 38.7 Å². The first kappa shape index (κ1) is 12.4. The Kier molecular flexibility index (Phi) is 2.27. The molecule has 1 saturated heterocycles. The molecule has 19 heavy (non-hydrogen) atoms. The van der Waals surface area contributed by atoms with Gasteiger partial charge in [-0.2, -0.15) is 10.5 Å². The lowest BCUT2D eigenvalue weighted by molar-refractivity contribution is -0.195. The van der Waals surface area contributed by atoms with E-state index in [0.29, 0.717) is 6.61 Å². The van der Waals surface area contributed by atoms with Gasteiger partial charge in [-0.05, 0) is 13.3 Å². The van der Waals surface area contributed by atoms with Crippen LogP contribution in [-0.2, 0) is 9.47 Å². The summed E-state index contributed by atoms with van der Waals surface area (Å²) in [6, 6.07) is 4.48. The summed E-state index contributed by atoms with van der Waals surface area (Å²) in [5.41, 5.74) is 3.84. The number of hydrogen-bond acceptors (Lipinski definition) is 6. The molecule has 6 nitrogen and oxygen atoms in total. The zero-order chi connectivity index (χ0) is 13.9. The molecule has 0 radical (unpaired) electrons. The van der Waals surface area contributed by atoms with E-state index in [1.807, 2.05) is 13.8 Å². The van der Waals surface area contributed by atoms with E-state index >= 15 is 0 Å². The highest BCUT2D eigenvalue weighted by Gasteiger charge is 2.93. The number of nitrogens with zero attached hydrogens (tertiary/aromatic N) is 3. The molecule has 0 unspecified atom stereocenters. The number of nitrogens with two attached hydrogens (primary N) is 1. The van der Waals surface area contributed by atoms with Crippen molar-refractivity contribution in [1.29, 1.82) is 10.5 Å². The second-order valence-electron chi connectivity index (χ2n) is 5.50. The quantitative estimate of drug-likeness (QED) is 0.794. The first-order valence-electron chi connectivity index (χ1n) is 6.54. The third kappa shape index (κ3) is 1.03. The standard InChI is InChI=1S/C13H16N4O2/c1-3-4-9-11(6-14)10(16)17-13(12(9,11)7-15)18-5-8(2)19-13/h8-9H,3-5H2,1-2H3,(H2,16,17)/t8-,9+,11+,12+,13+/m0/s1. The number of nitriles is 2. The van der Waals surface area contributed by atoms with Crippen molar-refractivity contribution in [3.05, 3.63) is 0 Å². The number of ether oxygens (including phenoxy) is 2. The minimum atomic E-state index is -1.37. The van der Waals surface area contributed by atoms with Crippen LogP contribution >= 0.6 is 0 Å². The fourth-order valence-electron chi connectivity index (χ4n) is 3.75. The molecule has 2 fully saturated rings. The smallest absolute Gasteiger partial charge is 0.293 e. The lowest BCUT2D eigenvalue weighted by atomic mass is 9.94. The molecule has 100 valence electrons. The molecular weight excluding hydrogens is 244 g/mol. The predicted octanol–water partition coefficient (Wildman–Crippen LogP) is 0.896. The van der Waals surface area contributed by atoms with Crippen molar-refractivity contribution in [1.82, 2.24) is 0 Å². The van der Waals surface area contributed by atoms with E-state index in [1.165, 1.54) is 0 Å². The van der Waals surface area contributed by atoms with Gasteiger partial charge in [0.25, 0.3) is 5.91 Å². The summed E-state index contributed by atoms with van der Waals surface area (Å²) in [5, 5.41) is 19.3. The highest BCUT2D eigenvalue weighted by Crippen LogP contribution is 2.79. The molecule has 0 amide bonds. The zero-order valence-corrected chi connectivity index (χ0v) is 11.0.